The molecule has 1 atom stereocenters. The van der Waals surface area contributed by atoms with Gasteiger partial charge in [0.05, 0.1) is 0 Å². The van der Waals surface area contributed by atoms with Gasteiger partial charge in [0.25, 0.3) is 5.91 Å². The predicted molar refractivity (Wildman–Crippen MR) is 73.8 cm³/mol. The van der Waals surface area contributed by atoms with Crippen molar-refractivity contribution in [3.05, 3.63) is 29.3 Å². The summed E-state index contributed by atoms with van der Waals surface area (Å²) in [7, 11) is 0. The molecule has 1 rings (SSSR count). The molecule has 0 aromatic heterocycles. The Balaban J connectivity index is 2.59. The van der Waals surface area contributed by atoms with Gasteiger partial charge in [-0.05, 0) is 56.4 Å². The fourth-order valence-electron chi connectivity index (χ4n) is 1.86. The number of rotatable bonds is 5. The van der Waals surface area contributed by atoms with Gasteiger partial charge in [-0.15, -0.1) is 0 Å². The molecule has 100 valence electrons. The molecular formula is C15H23NO2. The number of phenolic OH excluding ortho intramolecular Hbond substituents is 1. The van der Waals surface area contributed by atoms with Crippen molar-refractivity contribution in [2.24, 2.45) is 5.92 Å². The average Bonchev–Trinajstić information content (AvgIpc) is 2.26. The Labute approximate surface area is 109 Å². The molecule has 0 aliphatic heterocycles. The van der Waals surface area contributed by atoms with Crippen LogP contribution in [0, 0.1) is 12.8 Å². The summed E-state index contributed by atoms with van der Waals surface area (Å²) < 4.78 is 0. The molecule has 0 heterocycles. The zero-order valence-corrected chi connectivity index (χ0v) is 11.7. The van der Waals surface area contributed by atoms with Gasteiger partial charge >= 0.3 is 0 Å². The van der Waals surface area contributed by atoms with Crippen LogP contribution in [-0.2, 0) is 0 Å². The van der Waals surface area contributed by atoms with Gasteiger partial charge in [0, 0.05) is 11.6 Å². The fraction of sp³-hybridized carbons (Fsp3) is 0.533. The number of nitrogens with one attached hydrogen (secondary N) is 1. The van der Waals surface area contributed by atoms with Crippen molar-refractivity contribution >= 4 is 5.91 Å². The van der Waals surface area contributed by atoms with E-state index in [2.05, 4.69) is 19.2 Å². The van der Waals surface area contributed by atoms with Crippen LogP contribution in [0.5, 0.6) is 5.75 Å². The van der Waals surface area contributed by atoms with E-state index in [0.717, 1.165) is 18.4 Å². The molecule has 3 nitrogen and oxygen atoms in total. The minimum atomic E-state index is -0.0660. The normalized spacial score (nSPS) is 12.5. The number of hydrogen-bond donors (Lipinski definition) is 2. The lowest BCUT2D eigenvalue weighted by Gasteiger charge is -2.16. The van der Waals surface area contributed by atoms with Gasteiger partial charge in [-0.2, -0.15) is 0 Å². The van der Waals surface area contributed by atoms with E-state index in [0.29, 0.717) is 11.5 Å². The third kappa shape index (κ3) is 4.40. The van der Waals surface area contributed by atoms with E-state index in [1.165, 1.54) is 0 Å². The first-order valence-electron chi connectivity index (χ1n) is 6.50. The number of amides is 1. The largest absolute Gasteiger partial charge is 0.508 e. The van der Waals surface area contributed by atoms with Crippen LogP contribution in [0.1, 0.15) is 49.5 Å². The summed E-state index contributed by atoms with van der Waals surface area (Å²) in [5.41, 5.74) is 1.42. The van der Waals surface area contributed by atoms with Crippen molar-refractivity contribution in [3.8, 4) is 5.75 Å². The van der Waals surface area contributed by atoms with Gasteiger partial charge in [-0.25, -0.2) is 0 Å². The smallest absolute Gasteiger partial charge is 0.251 e. The second kappa shape index (κ2) is 6.43. The Morgan fingerprint density at radius 1 is 1.28 bits per heavy atom. The van der Waals surface area contributed by atoms with Gasteiger partial charge < -0.3 is 10.4 Å². The summed E-state index contributed by atoms with van der Waals surface area (Å²) >= 11 is 0. The number of carbonyl (C=O) groups is 1. The van der Waals surface area contributed by atoms with Crippen LogP contribution < -0.4 is 5.32 Å². The first-order valence-corrected chi connectivity index (χ1v) is 6.50. The number of hydrogen-bond acceptors (Lipinski definition) is 2. The molecule has 3 heteroatoms. The van der Waals surface area contributed by atoms with E-state index in [1.54, 1.807) is 18.2 Å². The topological polar surface area (TPSA) is 49.3 Å². The standard InChI is InChI=1S/C15H23NO2/c1-10(2)5-6-12(4)16-15(18)14-8-7-13(17)9-11(14)3/h7-10,12,17H,5-6H2,1-4H3,(H,16,18). The Morgan fingerprint density at radius 2 is 1.94 bits per heavy atom. The first-order chi connectivity index (χ1) is 8.40. The summed E-state index contributed by atoms with van der Waals surface area (Å²) in [4.78, 5) is 12.0. The predicted octanol–water partition coefficient (Wildman–Crippen LogP) is 3.26. The number of carbonyl (C=O) groups excluding carboxylic acids is 1. The second-order valence-corrected chi connectivity index (χ2v) is 5.34. The van der Waals surface area contributed by atoms with Crippen LogP contribution in [-0.4, -0.2) is 17.1 Å². The maximum atomic E-state index is 12.0. The molecule has 1 aromatic rings. The van der Waals surface area contributed by atoms with E-state index in [1.807, 2.05) is 13.8 Å². The highest BCUT2D eigenvalue weighted by molar-refractivity contribution is 5.95. The van der Waals surface area contributed by atoms with Crippen LogP contribution in [0.15, 0.2) is 18.2 Å². The number of aromatic hydroxyl groups is 1. The summed E-state index contributed by atoms with van der Waals surface area (Å²) in [5.74, 6) is 0.778. The molecule has 0 aliphatic rings. The maximum Gasteiger partial charge on any atom is 0.251 e. The van der Waals surface area contributed by atoms with Crippen molar-refractivity contribution in [2.45, 2.75) is 46.6 Å². The third-order valence-electron chi connectivity index (χ3n) is 3.01. The van der Waals surface area contributed by atoms with Gasteiger partial charge in [-0.1, -0.05) is 13.8 Å². The number of benzene rings is 1. The summed E-state index contributed by atoms with van der Waals surface area (Å²) in [5, 5.41) is 12.3. The van der Waals surface area contributed by atoms with Crippen LogP contribution in [0.3, 0.4) is 0 Å². The van der Waals surface area contributed by atoms with Gasteiger partial charge in [-0.3, -0.25) is 4.79 Å². The summed E-state index contributed by atoms with van der Waals surface area (Å²) in [6.45, 7) is 8.21. The van der Waals surface area contributed by atoms with E-state index in [-0.39, 0.29) is 17.7 Å². The molecule has 2 N–H and O–H groups in total. The minimum Gasteiger partial charge on any atom is -0.508 e. The molecule has 0 bridgehead atoms. The molecule has 18 heavy (non-hydrogen) atoms. The van der Waals surface area contributed by atoms with Crippen LogP contribution in [0.2, 0.25) is 0 Å². The van der Waals surface area contributed by atoms with E-state index in [9.17, 15) is 9.90 Å². The summed E-state index contributed by atoms with van der Waals surface area (Å²) in [6.07, 6.45) is 2.09. The van der Waals surface area contributed by atoms with Crippen molar-refractivity contribution in [3.63, 3.8) is 0 Å². The highest BCUT2D eigenvalue weighted by atomic mass is 16.3. The van der Waals surface area contributed by atoms with Crippen molar-refractivity contribution in [2.75, 3.05) is 0 Å². The van der Waals surface area contributed by atoms with Crippen molar-refractivity contribution < 1.29 is 9.90 Å². The van der Waals surface area contributed by atoms with E-state index >= 15 is 0 Å². The lowest BCUT2D eigenvalue weighted by molar-refractivity contribution is 0.0936. The molecular weight excluding hydrogens is 226 g/mol. The average molecular weight is 249 g/mol. The SMILES string of the molecule is Cc1cc(O)ccc1C(=O)NC(C)CCC(C)C. The molecule has 0 saturated carbocycles. The Kier molecular flexibility index (Phi) is 5.20. The Hall–Kier alpha value is -1.51. The van der Waals surface area contributed by atoms with Crippen molar-refractivity contribution in [1.29, 1.82) is 0 Å². The second-order valence-electron chi connectivity index (χ2n) is 5.34. The highest BCUT2D eigenvalue weighted by Crippen LogP contribution is 2.16. The molecule has 1 unspecified atom stereocenters. The maximum absolute atomic E-state index is 12.0. The fourth-order valence-corrected chi connectivity index (χ4v) is 1.86. The molecule has 0 saturated heterocycles. The lowest BCUT2D eigenvalue weighted by atomic mass is 10.0. The third-order valence-corrected chi connectivity index (χ3v) is 3.01. The molecule has 0 spiro atoms. The van der Waals surface area contributed by atoms with Crippen LogP contribution in [0.4, 0.5) is 0 Å². The van der Waals surface area contributed by atoms with Gasteiger partial charge in [0.1, 0.15) is 5.75 Å². The Bertz CT molecular complexity index is 413. The lowest BCUT2D eigenvalue weighted by Crippen LogP contribution is -2.33. The molecule has 0 aliphatic carbocycles. The van der Waals surface area contributed by atoms with Gasteiger partial charge in [0.2, 0.25) is 0 Å². The Morgan fingerprint density at radius 3 is 2.50 bits per heavy atom. The number of phenols is 1. The first kappa shape index (κ1) is 14.6. The van der Waals surface area contributed by atoms with Crippen molar-refractivity contribution in [1.82, 2.24) is 5.32 Å². The highest BCUT2D eigenvalue weighted by Gasteiger charge is 2.12. The molecule has 1 aromatic carbocycles. The monoisotopic (exact) mass is 249 g/mol. The minimum absolute atomic E-state index is 0.0660. The van der Waals surface area contributed by atoms with Crippen LogP contribution in [0.25, 0.3) is 0 Å². The molecule has 1 amide bonds. The van der Waals surface area contributed by atoms with E-state index in [4.69, 9.17) is 0 Å². The zero-order valence-electron chi connectivity index (χ0n) is 11.7. The zero-order chi connectivity index (χ0) is 13.7. The molecule has 0 radical (unpaired) electrons. The molecule has 0 fully saturated rings. The quantitative estimate of drug-likeness (QED) is 0.841. The van der Waals surface area contributed by atoms with Crippen LogP contribution >= 0.6 is 0 Å². The summed E-state index contributed by atoms with van der Waals surface area (Å²) in [6, 6.07) is 4.98. The number of aryl methyl sites for hydroxylation is 1. The van der Waals surface area contributed by atoms with E-state index < -0.39 is 0 Å². The van der Waals surface area contributed by atoms with Gasteiger partial charge in [0.15, 0.2) is 0 Å².